The maximum atomic E-state index is 5.91. The van der Waals surface area contributed by atoms with E-state index >= 15 is 0 Å². The fourth-order valence-corrected chi connectivity index (χ4v) is 2.87. The highest BCUT2D eigenvalue weighted by Crippen LogP contribution is 2.47. The van der Waals surface area contributed by atoms with Crippen LogP contribution in [0.5, 0.6) is 0 Å². The Balaban J connectivity index is 1.82. The predicted octanol–water partition coefficient (Wildman–Crippen LogP) is 4.03. The molecule has 0 amide bonds. The first-order valence-corrected chi connectivity index (χ1v) is 7.55. The lowest BCUT2D eigenvalue weighted by atomic mass is 9.93. The van der Waals surface area contributed by atoms with E-state index in [1.807, 2.05) is 0 Å². The Morgan fingerprint density at radius 1 is 1.00 bits per heavy atom. The Hall–Kier alpha value is -1.12. The SMILES string of the molecule is NCC1(c2cccc(Cc3ccc(Br)cc3)c2)CC1. The van der Waals surface area contributed by atoms with Crippen LogP contribution in [0.4, 0.5) is 0 Å². The minimum absolute atomic E-state index is 0.287. The molecule has 0 atom stereocenters. The summed E-state index contributed by atoms with van der Waals surface area (Å²) in [5, 5.41) is 0. The average molecular weight is 316 g/mol. The van der Waals surface area contributed by atoms with Gasteiger partial charge in [-0.25, -0.2) is 0 Å². The third-order valence-corrected chi connectivity index (χ3v) is 4.63. The molecule has 0 aliphatic heterocycles. The van der Waals surface area contributed by atoms with E-state index in [4.69, 9.17) is 5.73 Å². The van der Waals surface area contributed by atoms with Gasteiger partial charge in [-0.05, 0) is 48.1 Å². The van der Waals surface area contributed by atoms with Crippen molar-refractivity contribution in [1.29, 1.82) is 0 Å². The minimum Gasteiger partial charge on any atom is -0.330 e. The summed E-state index contributed by atoms with van der Waals surface area (Å²) in [6.07, 6.45) is 3.47. The molecule has 1 aliphatic rings. The monoisotopic (exact) mass is 315 g/mol. The second kappa shape index (κ2) is 5.10. The van der Waals surface area contributed by atoms with Gasteiger partial charge in [0.2, 0.25) is 0 Å². The Labute approximate surface area is 123 Å². The number of rotatable bonds is 4. The molecule has 98 valence electrons. The Bertz CT molecular complexity index is 570. The van der Waals surface area contributed by atoms with Crippen LogP contribution >= 0.6 is 15.9 Å². The molecule has 1 fully saturated rings. The lowest BCUT2D eigenvalue weighted by molar-refractivity contribution is 0.703. The number of halogens is 1. The zero-order valence-electron chi connectivity index (χ0n) is 10.9. The molecule has 2 N–H and O–H groups in total. The summed E-state index contributed by atoms with van der Waals surface area (Å²) in [6.45, 7) is 0.773. The van der Waals surface area contributed by atoms with Crippen molar-refractivity contribution in [3.8, 4) is 0 Å². The third-order valence-electron chi connectivity index (χ3n) is 4.11. The smallest absolute Gasteiger partial charge is 0.0175 e. The van der Waals surface area contributed by atoms with Gasteiger partial charge < -0.3 is 5.73 Å². The van der Waals surface area contributed by atoms with E-state index in [1.165, 1.54) is 29.5 Å². The van der Waals surface area contributed by atoms with Crippen LogP contribution in [-0.4, -0.2) is 6.54 Å². The molecule has 2 heteroatoms. The van der Waals surface area contributed by atoms with Crippen molar-refractivity contribution in [2.24, 2.45) is 5.73 Å². The van der Waals surface area contributed by atoms with E-state index in [1.54, 1.807) is 0 Å². The average Bonchev–Trinajstić information content (AvgIpc) is 3.23. The quantitative estimate of drug-likeness (QED) is 0.905. The van der Waals surface area contributed by atoms with Gasteiger partial charge in [0.1, 0.15) is 0 Å². The van der Waals surface area contributed by atoms with Crippen LogP contribution < -0.4 is 5.73 Å². The highest BCUT2D eigenvalue weighted by Gasteiger charge is 2.42. The summed E-state index contributed by atoms with van der Waals surface area (Å²) < 4.78 is 1.13. The normalized spacial score (nSPS) is 16.3. The van der Waals surface area contributed by atoms with Crippen molar-refractivity contribution in [2.45, 2.75) is 24.7 Å². The number of benzene rings is 2. The zero-order valence-corrected chi connectivity index (χ0v) is 12.5. The van der Waals surface area contributed by atoms with Gasteiger partial charge in [-0.3, -0.25) is 0 Å². The van der Waals surface area contributed by atoms with Crippen molar-refractivity contribution in [1.82, 2.24) is 0 Å². The lowest BCUT2D eigenvalue weighted by Gasteiger charge is -2.14. The highest BCUT2D eigenvalue weighted by molar-refractivity contribution is 9.10. The first-order valence-electron chi connectivity index (χ1n) is 6.76. The van der Waals surface area contributed by atoms with E-state index in [9.17, 15) is 0 Å². The molecule has 2 aromatic carbocycles. The van der Waals surface area contributed by atoms with Crippen LogP contribution in [0, 0.1) is 0 Å². The van der Waals surface area contributed by atoms with Gasteiger partial charge in [0, 0.05) is 16.4 Å². The van der Waals surface area contributed by atoms with Gasteiger partial charge in [0.05, 0.1) is 0 Å². The summed E-state index contributed by atoms with van der Waals surface area (Å²) in [4.78, 5) is 0. The Morgan fingerprint density at radius 3 is 2.37 bits per heavy atom. The van der Waals surface area contributed by atoms with Gasteiger partial charge in [-0.1, -0.05) is 52.3 Å². The summed E-state index contributed by atoms with van der Waals surface area (Å²) in [7, 11) is 0. The molecule has 2 aromatic rings. The summed E-state index contributed by atoms with van der Waals surface area (Å²) in [5.41, 5.74) is 10.3. The predicted molar refractivity (Wildman–Crippen MR) is 83.4 cm³/mol. The van der Waals surface area contributed by atoms with Gasteiger partial charge >= 0.3 is 0 Å². The summed E-state index contributed by atoms with van der Waals surface area (Å²) in [6, 6.07) is 17.5. The summed E-state index contributed by atoms with van der Waals surface area (Å²) in [5.74, 6) is 0. The maximum Gasteiger partial charge on any atom is 0.0175 e. The van der Waals surface area contributed by atoms with Gasteiger partial charge in [0.15, 0.2) is 0 Å². The molecular weight excluding hydrogens is 298 g/mol. The van der Waals surface area contributed by atoms with Crippen LogP contribution in [-0.2, 0) is 11.8 Å². The fourth-order valence-electron chi connectivity index (χ4n) is 2.61. The standard InChI is InChI=1S/C17H18BrN/c18-16-6-4-13(5-7-16)10-14-2-1-3-15(11-14)17(12-19)8-9-17/h1-7,11H,8-10,12,19H2. The number of hydrogen-bond acceptors (Lipinski definition) is 1. The number of nitrogens with two attached hydrogens (primary N) is 1. The zero-order chi connectivity index (χ0) is 13.3. The number of hydrogen-bond donors (Lipinski definition) is 1. The molecule has 0 heterocycles. The maximum absolute atomic E-state index is 5.91. The third kappa shape index (κ3) is 2.75. The minimum atomic E-state index is 0.287. The molecular formula is C17H18BrN. The molecule has 19 heavy (non-hydrogen) atoms. The molecule has 1 nitrogen and oxygen atoms in total. The van der Waals surface area contributed by atoms with Crippen molar-refractivity contribution in [3.05, 3.63) is 69.7 Å². The molecule has 0 saturated heterocycles. The molecule has 0 unspecified atom stereocenters. The van der Waals surface area contributed by atoms with E-state index in [0.717, 1.165) is 17.4 Å². The first-order chi connectivity index (χ1) is 9.22. The molecule has 1 saturated carbocycles. The molecule has 3 rings (SSSR count). The first kappa shape index (κ1) is 12.9. The van der Waals surface area contributed by atoms with Crippen LogP contribution in [0.25, 0.3) is 0 Å². The second-order valence-electron chi connectivity index (χ2n) is 5.49. The van der Waals surface area contributed by atoms with Gasteiger partial charge in [-0.15, -0.1) is 0 Å². The Morgan fingerprint density at radius 2 is 1.74 bits per heavy atom. The van der Waals surface area contributed by atoms with Gasteiger partial charge in [0.25, 0.3) is 0 Å². The van der Waals surface area contributed by atoms with Crippen molar-refractivity contribution in [3.63, 3.8) is 0 Å². The molecule has 0 spiro atoms. The fraction of sp³-hybridized carbons (Fsp3) is 0.294. The van der Waals surface area contributed by atoms with Crippen LogP contribution in [0.3, 0.4) is 0 Å². The summed E-state index contributed by atoms with van der Waals surface area (Å²) >= 11 is 3.47. The van der Waals surface area contributed by atoms with Crippen LogP contribution in [0.2, 0.25) is 0 Å². The highest BCUT2D eigenvalue weighted by atomic mass is 79.9. The van der Waals surface area contributed by atoms with Crippen molar-refractivity contribution in [2.75, 3.05) is 6.54 Å². The van der Waals surface area contributed by atoms with Crippen molar-refractivity contribution < 1.29 is 0 Å². The second-order valence-corrected chi connectivity index (χ2v) is 6.40. The van der Waals surface area contributed by atoms with Crippen LogP contribution in [0.15, 0.2) is 53.0 Å². The van der Waals surface area contributed by atoms with E-state index in [2.05, 4.69) is 64.5 Å². The van der Waals surface area contributed by atoms with Crippen LogP contribution in [0.1, 0.15) is 29.5 Å². The van der Waals surface area contributed by atoms with Gasteiger partial charge in [-0.2, -0.15) is 0 Å². The molecule has 0 radical (unpaired) electrons. The van der Waals surface area contributed by atoms with E-state index < -0.39 is 0 Å². The van der Waals surface area contributed by atoms with E-state index in [0.29, 0.717) is 0 Å². The van der Waals surface area contributed by atoms with Crippen molar-refractivity contribution >= 4 is 15.9 Å². The molecule has 0 bridgehead atoms. The van der Waals surface area contributed by atoms with E-state index in [-0.39, 0.29) is 5.41 Å². The topological polar surface area (TPSA) is 26.0 Å². The molecule has 1 aliphatic carbocycles. The Kier molecular flexibility index (Phi) is 3.46. The molecule has 0 aromatic heterocycles. The largest absolute Gasteiger partial charge is 0.330 e. The lowest BCUT2D eigenvalue weighted by Crippen LogP contribution is -2.19.